The van der Waals surface area contributed by atoms with Gasteiger partial charge in [0.2, 0.25) is 0 Å². The zero-order chi connectivity index (χ0) is 29.9. The topological polar surface area (TPSA) is 241 Å². The van der Waals surface area contributed by atoms with Crippen LogP contribution in [0.1, 0.15) is 119 Å². The van der Waals surface area contributed by atoms with Gasteiger partial charge in [0.25, 0.3) is 0 Å². The minimum absolute atomic E-state index is 0. The van der Waals surface area contributed by atoms with Gasteiger partial charge in [-0.05, 0) is 38.5 Å². The first-order valence-electron chi connectivity index (χ1n) is 11.8. The summed E-state index contributed by atoms with van der Waals surface area (Å²) in [6.07, 6.45) is 5.10. The van der Waals surface area contributed by atoms with Crippen LogP contribution < -0.4 is 30.6 Å². The van der Waals surface area contributed by atoms with E-state index in [1.54, 1.807) is 41.5 Å². The van der Waals surface area contributed by atoms with E-state index >= 15 is 0 Å². The second-order valence-corrected chi connectivity index (χ2v) is 6.73. The standard InChI is InChI=1S/6C4H8O2.2Al/c6*1-2-3-4(5)6;;/h6*2-3H2,1H3,(H,5,6);;/q;;;;;;2*+3/p-6. The van der Waals surface area contributed by atoms with Crippen molar-refractivity contribution in [1.29, 1.82) is 0 Å². The minimum atomic E-state index is -0.961. The normalized spacial score (nSPS) is 7.74. The fourth-order valence-electron chi connectivity index (χ4n) is 1.22. The van der Waals surface area contributed by atoms with Crippen LogP contribution in [0, 0.1) is 0 Å². The molecule has 0 N–H and O–H groups in total. The van der Waals surface area contributed by atoms with Crippen LogP contribution in [-0.2, 0) is 28.8 Å². The van der Waals surface area contributed by atoms with Crippen LogP contribution in [0.25, 0.3) is 0 Å². The van der Waals surface area contributed by atoms with Crippen molar-refractivity contribution < 1.29 is 59.4 Å². The number of carboxylic acid groups (broad SMARTS) is 6. The first kappa shape index (κ1) is 56.2. The average molecular weight is 577 g/mol. The number of carbonyl (C=O) groups excluding carboxylic acids is 6. The van der Waals surface area contributed by atoms with E-state index in [1.165, 1.54) is 0 Å². The second-order valence-electron chi connectivity index (χ2n) is 6.73. The van der Waals surface area contributed by atoms with Crippen LogP contribution in [0.15, 0.2) is 0 Å². The van der Waals surface area contributed by atoms with Gasteiger partial charge >= 0.3 is 34.7 Å². The van der Waals surface area contributed by atoms with Crippen molar-refractivity contribution in [1.82, 2.24) is 0 Å². The van der Waals surface area contributed by atoms with E-state index < -0.39 is 35.8 Å². The number of hydrogen-bond donors (Lipinski definition) is 0. The third kappa shape index (κ3) is 145. The molecule has 0 amide bonds. The van der Waals surface area contributed by atoms with Crippen LogP contribution in [0.2, 0.25) is 0 Å². The van der Waals surface area contributed by atoms with E-state index in [-0.39, 0.29) is 73.2 Å². The van der Waals surface area contributed by atoms with Gasteiger partial charge in [0.1, 0.15) is 0 Å². The summed E-state index contributed by atoms with van der Waals surface area (Å²) in [5, 5.41) is 56.9. The molecule has 14 heteroatoms. The van der Waals surface area contributed by atoms with Crippen LogP contribution in [0.4, 0.5) is 0 Å². The van der Waals surface area contributed by atoms with Crippen LogP contribution in [0.5, 0.6) is 0 Å². The summed E-state index contributed by atoms with van der Waals surface area (Å²) < 4.78 is 0. The van der Waals surface area contributed by atoms with Gasteiger partial charge in [-0.15, -0.1) is 0 Å². The van der Waals surface area contributed by atoms with E-state index in [9.17, 15) is 59.4 Å². The molecule has 0 rings (SSSR count). The molecule has 12 nitrogen and oxygen atoms in total. The summed E-state index contributed by atoms with van der Waals surface area (Å²) >= 11 is 0. The van der Waals surface area contributed by atoms with Crippen molar-refractivity contribution in [3.05, 3.63) is 0 Å². The first-order chi connectivity index (χ1) is 16.6. The number of aliphatic carboxylic acids is 6. The van der Waals surface area contributed by atoms with Gasteiger partial charge in [-0.3, -0.25) is 0 Å². The summed E-state index contributed by atoms with van der Waals surface area (Å²) in [6, 6.07) is 0. The molecule has 0 saturated heterocycles. The molecule has 0 unspecified atom stereocenters. The van der Waals surface area contributed by atoms with Gasteiger partial charge in [0.05, 0.1) is 0 Å². The monoisotopic (exact) mass is 576 g/mol. The van der Waals surface area contributed by atoms with Crippen LogP contribution >= 0.6 is 0 Å². The zero-order valence-corrected chi connectivity index (χ0v) is 25.8. The third-order valence-corrected chi connectivity index (χ3v) is 2.72. The Morgan fingerprint density at radius 1 is 0.316 bits per heavy atom. The Kier molecular flexibility index (Phi) is 76.1. The predicted molar refractivity (Wildman–Crippen MR) is 131 cm³/mol. The fourth-order valence-corrected chi connectivity index (χ4v) is 1.22. The van der Waals surface area contributed by atoms with Gasteiger partial charge < -0.3 is 59.4 Å². The van der Waals surface area contributed by atoms with Crippen LogP contribution in [-0.4, -0.2) is 70.5 Å². The quantitative estimate of drug-likeness (QED) is 0.205. The summed E-state index contributed by atoms with van der Waals surface area (Å²) in [6.45, 7) is 10.8. The molecule has 0 aromatic rings. The minimum Gasteiger partial charge on any atom is -0.550 e. The van der Waals surface area contributed by atoms with Crippen molar-refractivity contribution in [2.45, 2.75) is 119 Å². The van der Waals surface area contributed by atoms with Gasteiger partial charge in [-0.25, -0.2) is 0 Å². The Bertz CT molecular complexity index is 432. The van der Waals surface area contributed by atoms with E-state index in [2.05, 4.69) is 0 Å². The molecule has 0 atom stereocenters. The molecule has 0 aromatic heterocycles. The summed E-state index contributed by atoms with van der Waals surface area (Å²) in [5.74, 6) is -5.76. The maximum atomic E-state index is 9.49. The molecule has 216 valence electrons. The predicted octanol–water partition coefficient (Wildman–Crippen LogP) is -3.54. The Hall–Kier alpha value is -2.12. The van der Waals surface area contributed by atoms with Gasteiger partial charge in [-0.1, -0.05) is 80.1 Å². The third-order valence-electron chi connectivity index (χ3n) is 2.72. The Labute approximate surface area is 248 Å². The van der Waals surface area contributed by atoms with Crippen LogP contribution in [0.3, 0.4) is 0 Å². The molecular weight excluding hydrogens is 534 g/mol. The smallest absolute Gasteiger partial charge is 0.550 e. The molecular formula is C24H42Al2O12. The summed E-state index contributed by atoms with van der Waals surface area (Å²) in [4.78, 5) is 56.9. The average Bonchev–Trinajstić information content (AvgIpc) is 2.69. The van der Waals surface area contributed by atoms with E-state index in [1.807, 2.05) is 0 Å². The van der Waals surface area contributed by atoms with Crippen molar-refractivity contribution in [3.8, 4) is 0 Å². The van der Waals surface area contributed by atoms with Crippen molar-refractivity contribution in [2.75, 3.05) is 0 Å². The van der Waals surface area contributed by atoms with Crippen molar-refractivity contribution in [2.24, 2.45) is 0 Å². The number of carbonyl (C=O) groups is 6. The van der Waals surface area contributed by atoms with Crippen molar-refractivity contribution in [3.63, 3.8) is 0 Å². The van der Waals surface area contributed by atoms with Gasteiger partial charge in [-0.2, -0.15) is 0 Å². The molecule has 0 aliphatic carbocycles. The maximum absolute atomic E-state index is 9.49. The number of hydrogen-bond acceptors (Lipinski definition) is 12. The summed E-state index contributed by atoms with van der Waals surface area (Å²) in [5.41, 5.74) is 0. The molecule has 0 aliphatic heterocycles. The molecule has 0 fully saturated rings. The molecule has 0 bridgehead atoms. The Morgan fingerprint density at radius 3 is 0.395 bits per heavy atom. The zero-order valence-electron chi connectivity index (χ0n) is 23.5. The second kappa shape index (κ2) is 51.5. The van der Waals surface area contributed by atoms with Crippen molar-refractivity contribution >= 4 is 70.5 Å². The van der Waals surface area contributed by atoms with Gasteiger partial charge in [0, 0.05) is 35.8 Å². The fraction of sp³-hybridized carbons (Fsp3) is 0.750. The summed E-state index contributed by atoms with van der Waals surface area (Å²) in [7, 11) is 0. The van der Waals surface area contributed by atoms with E-state index in [4.69, 9.17) is 0 Å². The first-order valence-corrected chi connectivity index (χ1v) is 11.8. The molecule has 0 heterocycles. The molecule has 0 aliphatic rings. The number of rotatable bonds is 12. The molecule has 38 heavy (non-hydrogen) atoms. The molecule has 0 aromatic carbocycles. The molecule has 0 spiro atoms. The molecule has 0 radical (unpaired) electrons. The number of carboxylic acids is 6. The largest absolute Gasteiger partial charge is 3.00 e. The Morgan fingerprint density at radius 2 is 0.395 bits per heavy atom. The van der Waals surface area contributed by atoms with E-state index in [0.29, 0.717) is 38.5 Å². The SMILES string of the molecule is CCCC(=O)[O-].CCCC(=O)[O-].CCCC(=O)[O-].CCCC(=O)[O-].CCCC(=O)[O-].CCCC(=O)[O-].[Al+3].[Al+3]. The van der Waals surface area contributed by atoms with Gasteiger partial charge in [0.15, 0.2) is 0 Å². The molecule has 0 saturated carbocycles. The maximum Gasteiger partial charge on any atom is 3.00 e. The van der Waals surface area contributed by atoms with E-state index in [0.717, 1.165) is 0 Å². The Balaban J connectivity index is -0.0000000469.